The maximum Gasteiger partial charge on any atom is 0.178 e. The first kappa shape index (κ1) is 17.5. The first-order valence-electron chi connectivity index (χ1n) is 8.49. The van der Waals surface area contributed by atoms with Crippen molar-refractivity contribution >= 4 is 23.3 Å². The van der Waals surface area contributed by atoms with E-state index in [9.17, 15) is 0 Å². The van der Waals surface area contributed by atoms with E-state index >= 15 is 0 Å². The third-order valence-electron chi connectivity index (χ3n) is 4.35. The summed E-state index contributed by atoms with van der Waals surface area (Å²) in [5.41, 5.74) is 4.47. The highest BCUT2D eigenvalue weighted by molar-refractivity contribution is 7.71. The second kappa shape index (κ2) is 7.31. The van der Waals surface area contributed by atoms with E-state index in [4.69, 9.17) is 21.7 Å². The Labute approximate surface area is 153 Å². The lowest BCUT2D eigenvalue weighted by Crippen LogP contribution is -2.09. The molecular weight excluding hydrogens is 332 g/mol. The summed E-state index contributed by atoms with van der Waals surface area (Å²) < 4.78 is 14.2. The minimum atomic E-state index is 0.426. The maximum absolute atomic E-state index is 6.10. The summed E-state index contributed by atoms with van der Waals surface area (Å²) in [6.07, 6.45) is 0. The molecule has 132 valence electrons. The minimum absolute atomic E-state index is 0.426. The van der Waals surface area contributed by atoms with Crippen molar-refractivity contribution in [3.63, 3.8) is 0 Å². The Balaban J connectivity index is 1.81. The fourth-order valence-corrected chi connectivity index (χ4v) is 3.27. The average molecular weight is 356 g/mol. The Bertz CT molecular complexity index is 941. The highest BCUT2D eigenvalue weighted by Crippen LogP contribution is 2.27. The van der Waals surface area contributed by atoms with E-state index in [0.29, 0.717) is 23.8 Å². The molecule has 0 aliphatic carbocycles. The molecule has 1 aromatic heterocycles. The minimum Gasteiger partial charge on any atom is -0.497 e. The zero-order valence-corrected chi connectivity index (χ0v) is 15.9. The Morgan fingerprint density at radius 2 is 1.96 bits per heavy atom. The number of aryl methyl sites for hydroxylation is 1. The number of nitrogens with zero attached hydrogens (tertiary/aromatic N) is 1. The summed E-state index contributed by atoms with van der Waals surface area (Å²) in [6.45, 7) is 7.68. The van der Waals surface area contributed by atoms with Gasteiger partial charge in [-0.2, -0.15) is 0 Å². The molecule has 0 unspecified atom stereocenters. The molecule has 0 radical (unpaired) electrons. The number of imidazole rings is 1. The van der Waals surface area contributed by atoms with E-state index < -0.39 is 0 Å². The van der Waals surface area contributed by atoms with E-state index in [1.165, 1.54) is 11.1 Å². The molecule has 1 heterocycles. The van der Waals surface area contributed by atoms with Crippen LogP contribution in [-0.4, -0.2) is 23.3 Å². The topological polar surface area (TPSA) is 39.2 Å². The van der Waals surface area contributed by atoms with Gasteiger partial charge in [-0.1, -0.05) is 26.0 Å². The number of ether oxygens (including phenoxy) is 2. The number of fused-ring (bicyclic) bond motifs is 1. The third kappa shape index (κ3) is 3.71. The molecule has 0 aliphatic rings. The molecule has 3 aromatic rings. The van der Waals surface area contributed by atoms with Crippen LogP contribution in [0.2, 0.25) is 0 Å². The molecule has 0 aliphatic heterocycles. The number of H-pyrrole nitrogens is 1. The van der Waals surface area contributed by atoms with Crippen molar-refractivity contribution in [3.8, 4) is 11.5 Å². The fourth-order valence-electron chi connectivity index (χ4n) is 2.97. The lowest BCUT2D eigenvalue weighted by Gasteiger charge is -2.15. The second-order valence-electron chi connectivity index (χ2n) is 6.51. The number of rotatable bonds is 6. The van der Waals surface area contributed by atoms with E-state index in [-0.39, 0.29) is 0 Å². The van der Waals surface area contributed by atoms with Gasteiger partial charge in [0.05, 0.1) is 24.7 Å². The smallest absolute Gasteiger partial charge is 0.178 e. The fraction of sp³-hybridized carbons (Fsp3) is 0.350. The van der Waals surface area contributed by atoms with Crippen molar-refractivity contribution < 1.29 is 9.47 Å². The van der Waals surface area contributed by atoms with Gasteiger partial charge in [-0.15, -0.1) is 0 Å². The highest BCUT2D eigenvalue weighted by Gasteiger charge is 2.10. The van der Waals surface area contributed by atoms with Crippen molar-refractivity contribution in [1.29, 1.82) is 0 Å². The molecule has 0 fully saturated rings. The van der Waals surface area contributed by atoms with Gasteiger partial charge in [0.1, 0.15) is 18.1 Å². The summed E-state index contributed by atoms with van der Waals surface area (Å²) in [6, 6.07) is 12.3. The van der Waals surface area contributed by atoms with Crippen molar-refractivity contribution in [2.75, 3.05) is 13.7 Å². The van der Waals surface area contributed by atoms with Crippen LogP contribution in [0.15, 0.2) is 36.4 Å². The number of aromatic amines is 1. The molecule has 0 spiro atoms. The molecule has 3 rings (SSSR count). The number of benzene rings is 2. The molecule has 1 N–H and O–H groups in total. The van der Waals surface area contributed by atoms with Crippen LogP contribution in [0.5, 0.6) is 11.5 Å². The molecule has 0 amide bonds. The average Bonchev–Trinajstić information content (AvgIpc) is 2.89. The standard InChI is InChI=1S/C20H24N2O2S/c1-13(2)16-7-5-14(3)11-19(16)24-10-9-22-18-12-15(23-4)6-8-17(18)21-20(22)25/h5-8,11-13H,9-10H2,1-4H3,(H,21,25). The van der Waals surface area contributed by atoms with E-state index in [1.807, 2.05) is 18.2 Å². The first-order chi connectivity index (χ1) is 12.0. The van der Waals surface area contributed by atoms with Gasteiger partial charge in [0.2, 0.25) is 0 Å². The molecule has 5 heteroatoms. The number of methoxy groups -OCH3 is 1. The monoisotopic (exact) mass is 356 g/mol. The maximum atomic E-state index is 6.10. The van der Waals surface area contributed by atoms with Crippen LogP contribution in [0.25, 0.3) is 11.0 Å². The van der Waals surface area contributed by atoms with E-state index in [1.54, 1.807) is 7.11 Å². The molecule has 0 atom stereocenters. The quantitative estimate of drug-likeness (QED) is 0.616. The van der Waals surface area contributed by atoms with Gasteiger partial charge in [0.15, 0.2) is 4.77 Å². The van der Waals surface area contributed by atoms with E-state index in [0.717, 1.165) is 22.5 Å². The number of hydrogen-bond donors (Lipinski definition) is 1. The molecule has 0 saturated heterocycles. The number of hydrogen-bond acceptors (Lipinski definition) is 3. The Hall–Kier alpha value is -2.27. The Morgan fingerprint density at radius 3 is 2.68 bits per heavy atom. The second-order valence-corrected chi connectivity index (χ2v) is 6.90. The van der Waals surface area contributed by atoms with Gasteiger partial charge < -0.3 is 19.0 Å². The zero-order valence-electron chi connectivity index (χ0n) is 15.1. The summed E-state index contributed by atoms with van der Waals surface area (Å²) in [7, 11) is 1.67. The molecule has 25 heavy (non-hydrogen) atoms. The van der Waals surface area contributed by atoms with Gasteiger partial charge in [-0.3, -0.25) is 0 Å². The number of nitrogens with one attached hydrogen (secondary N) is 1. The lowest BCUT2D eigenvalue weighted by atomic mass is 10.0. The van der Waals surface area contributed by atoms with Crippen molar-refractivity contribution in [1.82, 2.24) is 9.55 Å². The third-order valence-corrected chi connectivity index (χ3v) is 4.67. The summed E-state index contributed by atoms with van der Waals surface area (Å²) >= 11 is 5.46. The van der Waals surface area contributed by atoms with Gasteiger partial charge in [-0.25, -0.2) is 0 Å². The van der Waals surface area contributed by atoms with Crippen LogP contribution in [0.4, 0.5) is 0 Å². The van der Waals surface area contributed by atoms with Crippen molar-refractivity contribution in [2.24, 2.45) is 0 Å². The van der Waals surface area contributed by atoms with Crippen LogP contribution in [-0.2, 0) is 6.54 Å². The van der Waals surface area contributed by atoms with Crippen LogP contribution >= 0.6 is 12.2 Å². The van der Waals surface area contributed by atoms with Gasteiger partial charge >= 0.3 is 0 Å². The normalized spacial score (nSPS) is 11.2. The van der Waals surface area contributed by atoms with Crippen molar-refractivity contribution in [2.45, 2.75) is 33.2 Å². The summed E-state index contributed by atoms with van der Waals surface area (Å²) in [5, 5.41) is 0. The predicted octanol–water partition coefficient (Wildman–Crippen LogP) is 5.22. The molecular formula is C20H24N2O2S. The van der Waals surface area contributed by atoms with Crippen LogP contribution in [0.1, 0.15) is 30.9 Å². The molecule has 0 saturated carbocycles. The SMILES string of the molecule is COc1ccc2[nH]c(=S)n(CCOc3cc(C)ccc3C(C)C)c2c1. The predicted molar refractivity (Wildman–Crippen MR) is 104 cm³/mol. The lowest BCUT2D eigenvalue weighted by molar-refractivity contribution is 0.295. The Morgan fingerprint density at radius 1 is 1.16 bits per heavy atom. The summed E-state index contributed by atoms with van der Waals surface area (Å²) in [5.74, 6) is 2.20. The van der Waals surface area contributed by atoms with E-state index in [2.05, 4.69) is 48.5 Å². The Kier molecular flexibility index (Phi) is 5.13. The van der Waals surface area contributed by atoms with Gasteiger partial charge in [-0.05, 0) is 54.4 Å². The molecule has 2 aromatic carbocycles. The van der Waals surface area contributed by atoms with Crippen LogP contribution in [0.3, 0.4) is 0 Å². The summed E-state index contributed by atoms with van der Waals surface area (Å²) in [4.78, 5) is 3.23. The van der Waals surface area contributed by atoms with Crippen molar-refractivity contribution in [3.05, 3.63) is 52.3 Å². The number of aromatic nitrogens is 2. The van der Waals surface area contributed by atoms with Gasteiger partial charge in [0, 0.05) is 6.07 Å². The molecule has 4 nitrogen and oxygen atoms in total. The largest absolute Gasteiger partial charge is 0.497 e. The first-order valence-corrected chi connectivity index (χ1v) is 8.90. The van der Waals surface area contributed by atoms with Crippen LogP contribution in [0, 0.1) is 11.7 Å². The highest BCUT2D eigenvalue weighted by atomic mass is 32.1. The van der Waals surface area contributed by atoms with Crippen LogP contribution < -0.4 is 9.47 Å². The molecule has 0 bridgehead atoms. The zero-order chi connectivity index (χ0) is 18.0. The van der Waals surface area contributed by atoms with Gasteiger partial charge in [0.25, 0.3) is 0 Å².